The van der Waals surface area contributed by atoms with Crippen LogP contribution in [-0.4, -0.2) is 53.8 Å². The summed E-state index contributed by atoms with van der Waals surface area (Å²) >= 11 is 1.51. The second-order valence-electron chi connectivity index (χ2n) is 7.42. The van der Waals surface area contributed by atoms with E-state index >= 15 is 0 Å². The molecule has 8 nitrogen and oxygen atoms in total. The Morgan fingerprint density at radius 1 is 1.22 bits per heavy atom. The number of aliphatic hydroxyl groups is 1. The van der Waals surface area contributed by atoms with E-state index in [1.165, 1.54) is 15.9 Å². The molecule has 0 bridgehead atoms. The highest BCUT2D eigenvalue weighted by atomic mass is 32.1. The summed E-state index contributed by atoms with van der Waals surface area (Å²) in [4.78, 5) is 28.2. The second kappa shape index (κ2) is 6.74. The van der Waals surface area contributed by atoms with Crippen molar-refractivity contribution in [3.8, 4) is 0 Å². The molecule has 3 aromatic rings. The monoisotopic (exact) mass is 384 g/mol. The van der Waals surface area contributed by atoms with E-state index in [0.717, 1.165) is 35.8 Å². The first kappa shape index (κ1) is 16.9. The van der Waals surface area contributed by atoms with Crippen molar-refractivity contribution in [2.75, 3.05) is 13.1 Å². The molecule has 0 radical (unpaired) electrons. The number of aromatic nitrogens is 5. The van der Waals surface area contributed by atoms with Crippen molar-refractivity contribution < 1.29 is 5.11 Å². The van der Waals surface area contributed by atoms with E-state index in [9.17, 15) is 9.90 Å². The van der Waals surface area contributed by atoms with Gasteiger partial charge in [0.1, 0.15) is 5.01 Å². The second-order valence-corrected chi connectivity index (χ2v) is 8.40. The molecule has 0 unspecified atom stereocenters. The fraction of sp³-hybridized carbons (Fsp3) is 0.500. The molecule has 3 aromatic heterocycles. The lowest BCUT2D eigenvalue weighted by Gasteiger charge is -2.14. The number of nitrogens with zero attached hydrogens (tertiary/aromatic N) is 6. The minimum Gasteiger partial charge on any atom is -0.391 e. The number of hydrogen-bond donors (Lipinski definition) is 1. The maximum absolute atomic E-state index is 12.4. The quantitative estimate of drug-likeness (QED) is 0.697. The van der Waals surface area contributed by atoms with E-state index in [4.69, 9.17) is 0 Å². The predicted octanol–water partition coefficient (Wildman–Crippen LogP) is 0.854. The maximum atomic E-state index is 12.4. The highest BCUT2D eigenvalue weighted by molar-refractivity contribution is 7.16. The van der Waals surface area contributed by atoms with Gasteiger partial charge in [-0.25, -0.2) is 4.98 Å². The maximum Gasteiger partial charge on any atom is 0.275 e. The van der Waals surface area contributed by atoms with Gasteiger partial charge in [-0.3, -0.25) is 19.7 Å². The molecule has 1 saturated heterocycles. The zero-order valence-corrected chi connectivity index (χ0v) is 15.5. The molecule has 0 spiro atoms. The van der Waals surface area contributed by atoms with Crippen molar-refractivity contribution in [1.82, 2.24) is 29.5 Å². The summed E-state index contributed by atoms with van der Waals surface area (Å²) in [5, 5.41) is 15.8. The molecule has 9 heteroatoms. The lowest BCUT2D eigenvalue weighted by molar-refractivity contribution is 0.140. The molecular formula is C18H20N6O2S. The van der Waals surface area contributed by atoms with Gasteiger partial charge in [0.05, 0.1) is 17.5 Å². The van der Waals surface area contributed by atoms with E-state index in [1.807, 2.05) is 0 Å². The van der Waals surface area contributed by atoms with Crippen molar-refractivity contribution in [1.29, 1.82) is 0 Å². The Bertz CT molecular complexity index is 1020. The van der Waals surface area contributed by atoms with Crippen LogP contribution in [0.4, 0.5) is 0 Å². The minimum absolute atomic E-state index is 0.108. The summed E-state index contributed by atoms with van der Waals surface area (Å²) in [5.74, 6) is 0.617. The molecule has 2 fully saturated rings. The Morgan fingerprint density at radius 3 is 2.89 bits per heavy atom. The largest absolute Gasteiger partial charge is 0.391 e. The first-order valence-corrected chi connectivity index (χ1v) is 10.0. The summed E-state index contributed by atoms with van der Waals surface area (Å²) < 4.78 is 1.41. The molecule has 140 valence electrons. The highest BCUT2D eigenvalue weighted by Gasteiger charge is 2.32. The van der Waals surface area contributed by atoms with Crippen LogP contribution in [0.2, 0.25) is 0 Å². The van der Waals surface area contributed by atoms with Crippen LogP contribution in [0.3, 0.4) is 0 Å². The number of fused-ring (bicyclic) bond motifs is 1. The van der Waals surface area contributed by atoms with Crippen LogP contribution in [0.5, 0.6) is 0 Å². The van der Waals surface area contributed by atoms with Crippen LogP contribution in [0.1, 0.15) is 35.2 Å². The van der Waals surface area contributed by atoms with Crippen LogP contribution in [0, 0.1) is 5.92 Å². The van der Waals surface area contributed by atoms with Crippen molar-refractivity contribution >= 4 is 16.3 Å². The first-order chi connectivity index (χ1) is 13.2. The summed E-state index contributed by atoms with van der Waals surface area (Å²) in [5.41, 5.74) is 1.49. The average molecular weight is 384 g/mol. The summed E-state index contributed by atoms with van der Waals surface area (Å²) in [7, 11) is 0. The van der Waals surface area contributed by atoms with Gasteiger partial charge in [0.2, 0.25) is 4.96 Å². The van der Waals surface area contributed by atoms with Crippen molar-refractivity contribution in [3.05, 3.63) is 51.4 Å². The SMILES string of the molecule is O=c1cc(CN2C[C@@H](Cc3cnccn3)[C@H](O)C2)nc2sc(C3CC3)nn12. The molecule has 1 N–H and O–H groups in total. The zero-order valence-electron chi connectivity index (χ0n) is 14.7. The Hall–Kier alpha value is -2.23. The Labute approximate surface area is 159 Å². The third kappa shape index (κ3) is 3.50. The van der Waals surface area contributed by atoms with E-state index in [0.29, 0.717) is 30.4 Å². The molecule has 2 atom stereocenters. The van der Waals surface area contributed by atoms with Crippen LogP contribution in [0.25, 0.3) is 4.96 Å². The van der Waals surface area contributed by atoms with Crippen LogP contribution >= 0.6 is 11.3 Å². The number of β-amino-alcohol motifs (C(OH)–C–C–N with tert-alkyl or cyclic N) is 1. The Kier molecular flexibility index (Phi) is 4.22. The van der Waals surface area contributed by atoms with Gasteiger partial charge in [-0.2, -0.15) is 9.61 Å². The fourth-order valence-electron chi connectivity index (χ4n) is 3.65. The van der Waals surface area contributed by atoms with Gasteiger partial charge in [-0.15, -0.1) is 0 Å². The number of rotatable bonds is 5. The van der Waals surface area contributed by atoms with Gasteiger partial charge in [0.15, 0.2) is 0 Å². The lowest BCUT2D eigenvalue weighted by Crippen LogP contribution is -2.24. The van der Waals surface area contributed by atoms with Gasteiger partial charge in [-0.05, 0) is 19.3 Å². The molecule has 27 heavy (non-hydrogen) atoms. The van der Waals surface area contributed by atoms with Gasteiger partial charge < -0.3 is 5.11 Å². The predicted molar refractivity (Wildman–Crippen MR) is 99.6 cm³/mol. The zero-order chi connectivity index (χ0) is 18.4. The van der Waals surface area contributed by atoms with Gasteiger partial charge in [0.25, 0.3) is 5.56 Å². The van der Waals surface area contributed by atoms with Crippen LogP contribution < -0.4 is 5.56 Å². The molecule has 2 aliphatic rings. The normalized spacial score (nSPS) is 23.3. The van der Waals surface area contributed by atoms with Gasteiger partial charge in [0, 0.05) is 56.1 Å². The summed E-state index contributed by atoms with van der Waals surface area (Å²) in [6.07, 6.45) is 7.65. The molecular weight excluding hydrogens is 364 g/mol. The summed E-state index contributed by atoms with van der Waals surface area (Å²) in [6.45, 7) is 1.87. The molecule has 5 rings (SSSR count). The average Bonchev–Trinajstić information content (AvgIpc) is 3.32. The first-order valence-electron chi connectivity index (χ1n) is 9.21. The summed E-state index contributed by atoms with van der Waals surface area (Å²) in [6, 6.07) is 1.56. The van der Waals surface area contributed by atoms with E-state index in [1.54, 1.807) is 24.7 Å². The van der Waals surface area contributed by atoms with Gasteiger partial charge >= 0.3 is 0 Å². The van der Waals surface area contributed by atoms with Crippen molar-refractivity contribution in [2.45, 2.75) is 37.8 Å². The van der Waals surface area contributed by atoms with Crippen molar-refractivity contribution in [2.24, 2.45) is 5.92 Å². The smallest absolute Gasteiger partial charge is 0.275 e. The lowest BCUT2D eigenvalue weighted by atomic mass is 10.0. The molecule has 1 aliphatic heterocycles. The minimum atomic E-state index is -0.415. The molecule has 1 saturated carbocycles. The highest BCUT2D eigenvalue weighted by Crippen LogP contribution is 2.41. The third-order valence-corrected chi connectivity index (χ3v) is 6.27. The van der Waals surface area contributed by atoms with E-state index < -0.39 is 6.10 Å². The van der Waals surface area contributed by atoms with Crippen LogP contribution in [-0.2, 0) is 13.0 Å². The standard InChI is InChI=1S/C18H20N6O2S/c25-15-10-23(8-12(15)5-13-7-19-3-4-20-13)9-14-6-16(26)24-18(21-14)27-17(22-24)11-1-2-11/h3-4,6-7,11-12,15,25H,1-2,5,8-10H2/t12-,15-/m1/s1. The Balaban J connectivity index is 1.31. The Morgan fingerprint density at radius 2 is 2.11 bits per heavy atom. The third-order valence-electron chi connectivity index (χ3n) is 5.20. The molecule has 4 heterocycles. The van der Waals surface area contributed by atoms with E-state index in [-0.39, 0.29) is 11.5 Å². The fourth-order valence-corrected chi connectivity index (χ4v) is 4.74. The van der Waals surface area contributed by atoms with E-state index in [2.05, 4.69) is 25.0 Å². The van der Waals surface area contributed by atoms with Crippen LogP contribution in [0.15, 0.2) is 29.5 Å². The van der Waals surface area contributed by atoms with Gasteiger partial charge in [-0.1, -0.05) is 11.3 Å². The topological polar surface area (TPSA) is 96.5 Å². The molecule has 0 aromatic carbocycles. The number of aliphatic hydroxyl groups excluding tert-OH is 1. The van der Waals surface area contributed by atoms with Crippen molar-refractivity contribution in [3.63, 3.8) is 0 Å². The molecule has 1 aliphatic carbocycles. The number of hydrogen-bond acceptors (Lipinski definition) is 8. The number of likely N-dealkylation sites (tertiary alicyclic amines) is 1. The molecule has 0 amide bonds.